The second-order valence-electron chi connectivity index (χ2n) is 3.73. The number of aromatic nitrogens is 2. The van der Waals surface area contributed by atoms with Gasteiger partial charge in [0.1, 0.15) is 5.01 Å². The summed E-state index contributed by atoms with van der Waals surface area (Å²) in [6, 6.07) is 7.85. The van der Waals surface area contributed by atoms with Crippen LogP contribution in [-0.4, -0.2) is 16.1 Å². The highest BCUT2D eigenvalue weighted by Gasteiger charge is 2.13. The number of aryl methyl sites for hydroxylation is 1. The van der Waals surface area contributed by atoms with Crippen LogP contribution in [0.2, 0.25) is 0 Å². The number of nitrogens with zero attached hydrogens (tertiary/aromatic N) is 2. The SMILES string of the molecule is Cc1nnc(NC(=O)c2csc3ccccc23)s1. The predicted octanol–water partition coefficient (Wildman–Crippen LogP) is 3.31. The molecule has 0 spiro atoms. The fraction of sp³-hybridized carbons (Fsp3) is 0.0833. The van der Waals surface area contributed by atoms with Gasteiger partial charge in [-0.1, -0.05) is 29.5 Å². The lowest BCUT2D eigenvalue weighted by molar-refractivity contribution is 0.102. The van der Waals surface area contributed by atoms with Crippen LogP contribution in [-0.2, 0) is 0 Å². The summed E-state index contributed by atoms with van der Waals surface area (Å²) in [5.41, 5.74) is 0.684. The summed E-state index contributed by atoms with van der Waals surface area (Å²) in [5, 5.41) is 14.7. The molecule has 2 heterocycles. The fourth-order valence-electron chi connectivity index (χ4n) is 1.67. The Kier molecular flexibility index (Phi) is 2.81. The minimum Gasteiger partial charge on any atom is -0.296 e. The van der Waals surface area contributed by atoms with Gasteiger partial charge < -0.3 is 0 Å². The molecule has 4 nitrogen and oxygen atoms in total. The average molecular weight is 275 g/mol. The van der Waals surface area contributed by atoms with Gasteiger partial charge in [-0.2, -0.15) is 0 Å². The zero-order valence-corrected chi connectivity index (χ0v) is 11.1. The Hall–Kier alpha value is -1.79. The number of fused-ring (bicyclic) bond motifs is 1. The average Bonchev–Trinajstić information content (AvgIpc) is 2.95. The van der Waals surface area contributed by atoms with Gasteiger partial charge in [0.25, 0.3) is 5.91 Å². The van der Waals surface area contributed by atoms with Crippen LogP contribution in [0.25, 0.3) is 10.1 Å². The molecule has 3 aromatic rings. The third-order valence-corrected chi connectivity index (χ3v) is 4.19. The molecule has 0 saturated carbocycles. The zero-order chi connectivity index (χ0) is 12.5. The Bertz CT molecular complexity index is 717. The quantitative estimate of drug-likeness (QED) is 0.780. The molecule has 0 unspecified atom stereocenters. The zero-order valence-electron chi connectivity index (χ0n) is 9.51. The predicted molar refractivity (Wildman–Crippen MR) is 74.4 cm³/mol. The number of hydrogen-bond donors (Lipinski definition) is 1. The summed E-state index contributed by atoms with van der Waals surface area (Å²) in [4.78, 5) is 12.1. The Balaban J connectivity index is 1.92. The molecule has 0 aliphatic rings. The van der Waals surface area contributed by atoms with Gasteiger partial charge in [-0.3, -0.25) is 10.1 Å². The molecule has 0 aliphatic carbocycles. The van der Waals surface area contributed by atoms with Crippen LogP contribution >= 0.6 is 22.7 Å². The molecule has 1 N–H and O–H groups in total. The third kappa shape index (κ3) is 2.00. The van der Waals surface area contributed by atoms with Crippen LogP contribution < -0.4 is 5.32 Å². The largest absolute Gasteiger partial charge is 0.296 e. The molecule has 0 fully saturated rings. The maximum Gasteiger partial charge on any atom is 0.258 e. The normalized spacial score (nSPS) is 10.7. The van der Waals surface area contributed by atoms with Gasteiger partial charge in [0.05, 0.1) is 5.56 Å². The number of carbonyl (C=O) groups is 1. The van der Waals surface area contributed by atoms with Crippen LogP contribution in [0, 0.1) is 6.92 Å². The van der Waals surface area contributed by atoms with Crippen molar-refractivity contribution in [1.82, 2.24) is 10.2 Å². The van der Waals surface area contributed by atoms with E-state index >= 15 is 0 Å². The molecular weight excluding hydrogens is 266 g/mol. The molecular formula is C12H9N3OS2. The van der Waals surface area contributed by atoms with Crippen molar-refractivity contribution in [2.45, 2.75) is 6.92 Å². The topological polar surface area (TPSA) is 54.9 Å². The van der Waals surface area contributed by atoms with Gasteiger partial charge in [0.15, 0.2) is 0 Å². The van der Waals surface area contributed by atoms with Crippen LogP contribution in [0.4, 0.5) is 5.13 Å². The van der Waals surface area contributed by atoms with Gasteiger partial charge >= 0.3 is 0 Å². The van der Waals surface area contributed by atoms with E-state index in [1.165, 1.54) is 11.3 Å². The molecule has 6 heteroatoms. The summed E-state index contributed by atoms with van der Waals surface area (Å²) >= 11 is 2.93. The molecule has 18 heavy (non-hydrogen) atoms. The highest BCUT2D eigenvalue weighted by Crippen LogP contribution is 2.26. The standard InChI is InChI=1S/C12H9N3OS2/c1-7-14-15-12(18-7)13-11(16)9-6-17-10-5-3-2-4-8(9)10/h2-6H,1H3,(H,13,15,16). The third-order valence-electron chi connectivity index (χ3n) is 2.47. The van der Waals surface area contributed by atoms with E-state index in [1.807, 2.05) is 36.6 Å². The number of hydrogen-bond acceptors (Lipinski definition) is 5. The van der Waals surface area contributed by atoms with E-state index in [9.17, 15) is 4.79 Å². The lowest BCUT2D eigenvalue weighted by Crippen LogP contribution is -2.10. The molecule has 0 aliphatic heterocycles. The van der Waals surface area contributed by atoms with E-state index in [2.05, 4.69) is 15.5 Å². The monoisotopic (exact) mass is 275 g/mol. The summed E-state index contributed by atoms with van der Waals surface area (Å²) in [7, 11) is 0. The van der Waals surface area contributed by atoms with Gasteiger partial charge in [-0.15, -0.1) is 21.5 Å². The first-order valence-electron chi connectivity index (χ1n) is 5.32. The molecule has 0 radical (unpaired) electrons. The highest BCUT2D eigenvalue weighted by molar-refractivity contribution is 7.17. The molecule has 90 valence electrons. The molecule has 1 amide bonds. The molecule has 1 aromatic carbocycles. The lowest BCUT2D eigenvalue weighted by atomic mass is 10.2. The maximum absolute atomic E-state index is 12.1. The second-order valence-corrected chi connectivity index (χ2v) is 5.82. The van der Waals surface area contributed by atoms with E-state index in [4.69, 9.17) is 0 Å². The highest BCUT2D eigenvalue weighted by atomic mass is 32.1. The first-order chi connectivity index (χ1) is 8.74. The van der Waals surface area contributed by atoms with Crippen LogP contribution in [0.3, 0.4) is 0 Å². The Morgan fingerprint density at radius 2 is 2.11 bits per heavy atom. The number of thiophene rings is 1. The molecule has 2 aromatic heterocycles. The first-order valence-corrected chi connectivity index (χ1v) is 7.01. The first kappa shape index (κ1) is 11.3. The maximum atomic E-state index is 12.1. The van der Waals surface area contributed by atoms with E-state index in [-0.39, 0.29) is 5.91 Å². The number of rotatable bonds is 2. The number of nitrogens with one attached hydrogen (secondary N) is 1. The molecule has 0 bridgehead atoms. The number of carbonyl (C=O) groups excluding carboxylic acids is 1. The van der Waals surface area contributed by atoms with Gasteiger partial charge in [0, 0.05) is 15.5 Å². The molecule has 0 saturated heterocycles. The van der Waals surface area contributed by atoms with Crippen LogP contribution in [0.15, 0.2) is 29.6 Å². The fourth-order valence-corrected chi connectivity index (χ4v) is 3.19. The van der Waals surface area contributed by atoms with Crippen molar-refractivity contribution in [3.05, 3.63) is 40.2 Å². The van der Waals surface area contributed by atoms with E-state index < -0.39 is 0 Å². The Labute approximate surface area is 111 Å². The summed E-state index contributed by atoms with van der Waals surface area (Å²) in [6.45, 7) is 1.85. The second kappa shape index (κ2) is 4.47. The van der Waals surface area contributed by atoms with E-state index in [1.54, 1.807) is 11.3 Å². The van der Waals surface area contributed by atoms with Crippen molar-refractivity contribution in [2.24, 2.45) is 0 Å². The number of benzene rings is 1. The smallest absolute Gasteiger partial charge is 0.258 e. The summed E-state index contributed by atoms with van der Waals surface area (Å²) < 4.78 is 1.11. The molecule has 3 rings (SSSR count). The van der Waals surface area contributed by atoms with E-state index in [0.29, 0.717) is 10.7 Å². The number of anilines is 1. The van der Waals surface area contributed by atoms with Gasteiger partial charge in [-0.05, 0) is 13.0 Å². The minimum absolute atomic E-state index is 0.136. The molecule has 0 atom stereocenters. The van der Waals surface area contributed by atoms with Crippen molar-refractivity contribution in [3.8, 4) is 0 Å². The summed E-state index contributed by atoms with van der Waals surface area (Å²) in [5.74, 6) is -0.136. The van der Waals surface area contributed by atoms with E-state index in [0.717, 1.165) is 15.1 Å². The van der Waals surface area contributed by atoms with Crippen molar-refractivity contribution in [2.75, 3.05) is 5.32 Å². The Morgan fingerprint density at radius 3 is 2.89 bits per heavy atom. The van der Waals surface area contributed by atoms with Crippen molar-refractivity contribution in [3.63, 3.8) is 0 Å². The van der Waals surface area contributed by atoms with Crippen LogP contribution in [0.5, 0.6) is 0 Å². The minimum atomic E-state index is -0.136. The summed E-state index contributed by atoms with van der Waals surface area (Å²) in [6.07, 6.45) is 0. The van der Waals surface area contributed by atoms with Gasteiger partial charge in [0.2, 0.25) is 5.13 Å². The van der Waals surface area contributed by atoms with Crippen LogP contribution in [0.1, 0.15) is 15.4 Å². The van der Waals surface area contributed by atoms with Gasteiger partial charge in [-0.25, -0.2) is 0 Å². The van der Waals surface area contributed by atoms with Crippen molar-refractivity contribution in [1.29, 1.82) is 0 Å². The number of amides is 1. The van der Waals surface area contributed by atoms with Crippen molar-refractivity contribution < 1.29 is 4.79 Å². The Morgan fingerprint density at radius 1 is 1.28 bits per heavy atom. The van der Waals surface area contributed by atoms with Crippen molar-refractivity contribution >= 4 is 43.8 Å². The lowest BCUT2D eigenvalue weighted by Gasteiger charge is -1.99.